The Morgan fingerprint density at radius 1 is 0.706 bits per heavy atom. The third-order valence-corrected chi connectivity index (χ3v) is 6.62. The zero-order chi connectivity index (χ0) is 23.4. The Bertz CT molecular complexity index is 1230. The van der Waals surface area contributed by atoms with E-state index in [1.54, 1.807) is 0 Å². The summed E-state index contributed by atoms with van der Waals surface area (Å²) in [5, 5.41) is 0.703. The standard InChI is InChI=1S/C30H26ClN3/c31-26-18-16-22(17-19-26)27(32)20-29-33-21-28(34-29)30(23-10-4-1-5-11-23,24-12-6-2-7-13-24)25-14-8-3-9-15-25/h1-19,21,27H,20,32H2,(H,33,34). The van der Waals surface area contributed by atoms with Gasteiger partial charge >= 0.3 is 0 Å². The molecule has 0 aliphatic heterocycles. The van der Waals surface area contributed by atoms with E-state index in [0.29, 0.717) is 11.4 Å². The van der Waals surface area contributed by atoms with E-state index in [9.17, 15) is 0 Å². The summed E-state index contributed by atoms with van der Waals surface area (Å²) in [6.45, 7) is 0. The summed E-state index contributed by atoms with van der Waals surface area (Å²) < 4.78 is 0. The lowest BCUT2D eigenvalue weighted by Crippen LogP contribution is -2.31. The number of nitrogens with two attached hydrogens (primary N) is 1. The number of nitrogens with one attached hydrogen (secondary N) is 1. The summed E-state index contributed by atoms with van der Waals surface area (Å²) in [6, 6.07) is 39.3. The molecule has 0 radical (unpaired) electrons. The predicted molar refractivity (Wildman–Crippen MR) is 139 cm³/mol. The second-order valence-electron chi connectivity index (χ2n) is 8.45. The van der Waals surface area contributed by atoms with Crippen molar-refractivity contribution < 1.29 is 0 Å². The summed E-state index contributed by atoms with van der Waals surface area (Å²) >= 11 is 6.05. The maximum atomic E-state index is 6.53. The van der Waals surface area contributed by atoms with Gasteiger partial charge in [-0.3, -0.25) is 0 Å². The van der Waals surface area contributed by atoms with E-state index in [1.807, 2.05) is 48.7 Å². The molecule has 3 N–H and O–H groups in total. The number of hydrogen-bond acceptors (Lipinski definition) is 2. The Balaban J connectivity index is 1.63. The van der Waals surface area contributed by atoms with Crippen LogP contribution in [0.15, 0.2) is 121 Å². The molecule has 4 heteroatoms. The van der Waals surface area contributed by atoms with E-state index >= 15 is 0 Å². The lowest BCUT2D eigenvalue weighted by molar-refractivity contribution is 0.680. The smallest absolute Gasteiger partial charge is 0.108 e. The Hall–Kier alpha value is -3.66. The van der Waals surface area contributed by atoms with Gasteiger partial charge in [-0.25, -0.2) is 4.98 Å². The highest BCUT2D eigenvalue weighted by Crippen LogP contribution is 2.44. The van der Waals surface area contributed by atoms with Crippen LogP contribution >= 0.6 is 11.6 Å². The van der Waals surface area contributed by atoms with Gasteiger partial charge < -0.3 is 10.7 Å². The normalized spacial score (nSPS) is 12.4. The highest BCUT2D eigenvalue weighted by atomic mass is 35.5. The number of benzene rings is 4. The van der Waals surface area contributed by atoms with Crippen LogP contribution in [0.5, 0.6) is 0 Å². The third kappa shape index (κ3) is 4.16. The summed E-state index contributed by atoms with van der Waals surface area (Å²) in [6.07, 6.45) is 2.55. The maximum absolute atomic E-state index is 6.53. The van der Waals surface area contributed by atoms with Crippen molar-refractivity contribution in [2.75, 3.05) is 0 Å². The third-order valence-electron chi connectivity index (χ3n) is 6.36. The Morgan fingerprint density at radius 3 is 1.65 bits per heavy atom. The SMILES string of the molecule is NC(Cc1ncc(C(c2ccccc2)(c2ccccc2)c2ccccc2)[nH]1)c1ccc(Cl)cc1. The second-order valence-corrected chi connectivity index (χ2v) is 8.89. The number of halogens is 1. The first-order chi connectivity index (χ1) is 16.7. The second kappa shape index (κ2) is 9.68. The molecule has 34 heavy (non-hydrogen) atoms. The first kappa shape index (κ1) is 22.1. The van der Waals surface area contributed by atoms with E-state index in [2.05, 4.69) is 77.8 Å². The number of aromatic amines is 1. The molecule has 0 amide bonds. The molecule has 5 aromatic rings. The van der Waals surface area contributed by atoms with Crippen molar-refractivity contribution in [3.05, 3.63) is 160 Å². The van der Waals surface area contributed by atoms with E-state index in [-0.39, 0.29) is 6.04 Å². The predicted octanol–water partition coefficient (Wildman–Crippen LogP) is 6.69. The molecule has 1 atom stereocenters. The Kier molecular flexibility index (Phi) is 6.31. The van der Waals surface area contributed by atoms with E-state index in [0.717, 1.165) is 17.1 Å². The average molecular weight is 464 g/mol. The molecule has 0 aliphatic carbocycles. The first-order valence-corrected chi connectivity index (χ1v) is 11.8. The summed E-state index contributed by atoms with van der Waals surface area (Å²) in [5.41, 5.74) is 11.5. The molecule has 1 aromatic heterocycles. The molecule has 1 heterocycles. The van der Waals surface area contributed by atoms with Gasteiger partial charge in [0.15, 0.2) is 0 Å². The van der Waals surface area contributed by atoms with Gasteiger partial charge in [-0.15, -0.1) is 0 Å². The molecular formula is C30H26ClN3. The van der Waals surface area contributed by atoms with E-state index in [4.69, 9.17) is 22.3 Å². The van der Waals surface area contributed by atoms with Crippen LogP contribution in [0.4, 0.5) is 0 Å². The number of H-pyrrole nitrogens is 1. The van der Waals surface area contributed by atoms with Crippen molar-refractivity contribution >= 4 is 11.6 Å². The quantitative estimate of drug-likeness (QED) is 0.264. The molecule has 5 rings (SSSR count). The molecule has 3 nitrogen and oxygen atoms in total. The van der Waals surface area contributed by atoms with E-state index in [1.165, 1.54) is 16.7 Å². The Morgan fingerprint density at radius 2 is 1.18 bits per heavy atom. The number of aromatic nitrogens is 2. The van der Waals surface area contributed by atoms with Gasteiger partial charge in [0.05, 0.1) is 11.1 Å². The fourth-order valence-corrected chi connectivity index (χ4v) is 4.85. The lowest BCUT2D eigenvalue weighted by Gasteiger charge is -2.35. The summed E-state index contributed by atoms with van der Waals surface area (Å²) in [4.78, 5) is 8.42. The van der Waals surface area contributed by atoms with Crippen LogP contribution in [0.25, 0.3) is 0 Å². The summed E-state index contributed by atoms with van der Waals surface area (Å²) in [5.74, 6) is 0.851. The largest absolute Gasteiger partial charge is 0.345 e. The zero-order valence-electron chi connectivity index (χ0n) is 18.7. The minimum absolute atomic E-state index is 0.184. The van der Waals surface area contributed by atoms with Crippen LogP contribution in [0.3, 0.4) is 0 Å². The van der Waals surface area contributed by atoms with Crippen molar-refractivity contribution in [3.8, 4) is 0 Å². The van der Waals surface area contributed by atoms with Crippen molar-refractivity contribution in [1.29, 1.82) is 0 Å². The van der Waals surface area contributed by atoms with Gasteiger partial charge in [-0.05, 0) is 34.4 Å². The van der Waals surface area contributed by atoms with Gasteiger partial charge in [0.1, 0.15) is 5.82 Å². The minimum Gasteiger partial charge on any atom is -0.345 e. The maximum Gasteiger partial charge on any atom is 0.108 e. The van der Waals surface area contributed by atoms with Crippen molar-refractivity contribution in [2.45, 2.75) is 17.9 Å². The minimum atomic E-state index is -0.542. The zero-order valence-corrected chi connectivity index (χ0v) is 19.5. The molecule has 0 spiro atoms. The van der Waals surface area contributed by atoms with Crippen LogP contribution in [-0.2, 0) is 11.8 Å². The molecule has 1 unspecified atom stereocenters. The number of hydrogen-bond donors (Lipinski definition) is 2. The highest BCUT2D eigenvalue weighted by molar-refractivity contribution is 6.30. The Labute approximate surface area is 205 Å². The van der Waals surface area contributed by atoms with Gasteiger partial charge in [-0.2, -0.15) is 0 Å². The average Bonchev–Trinajstić information content (AvgIpc) is 3.35. The molecular weight excluding hydrogens is 438 g/mol. The van der Waals surface area contributed by atoms with Gasteiger partial charge in [0, 0.05) is 23.7 Å². The highest BCUT2D eigenvalue weighted by Gasteiger charge is 2.39. The topological polar surface area (TPSA) is 54.7 Å². The molecule has 0 saturated heterocycles. The monoisotopic (exact) mass is 463 g/mol. The molecule has 168 valence electrons. The fraction of sp³-hybridized carbons (Fsp3) is 0.100. The van der Waals surface area contributed by atoms with Crippen LogP contribution < -0.4 is 5.73 Å². The van der Waals surface area contributed by atoms with Crippen LogP contribution in [0.2, 0.25) is 5.02 Å². The van der Waals surface area contributed by atoms with Gasteiger partial charge in [-0.1, -0.05) is 115 Å². The van der Waals surface area contributed by atoms with Crippen LogP contribution in [-0.4, -0.2) is 9.97 Å². The molecule has 0 saturated carbocycles. The fourth-order valence-electron chi connectivity index (χ4n) is 4.72. The van der Waals surface area contributed by atoms with Crippen LogP contribution in [0, 0.1) is 0 Å². The van der Waals surface area contributed by atoms with Gasteiger partial charge in [0.2, 0.25) is 0 Å². The van der Waals surface area contributed by atoms with Gasteiger partial charge in [0.25, 0.3) is 0 Å². The number of imidazole rings is 1. The van der Waals surface area contributed by atoms with Crippen molar-refractivity contribution in [1.82, 2.24) is 9.97 Å². The molecule has 4 aromatic carbocycles. The number of nitrogens with zero attached hydrogens (tertiary/aromatic N) is 1. The van der Waals surface area contributed by atoms with Crippen molar-refractivity contribution in [3.63, 3.8) is 0 Å². The summed E-state index contributed by atoms with van der Waals surface area (Å²) in [7, 11) is 0. The molecule has 0 aliphatic rings. The lowest BCUT2D eigenvalue weighted by atomic mass is 9.67. The van der Waals surface area contributed by atoms with Crippen molar-refractivity contribution in [2.24, 2.45) is 5.73 Å². The molecule has 0 bridgehead atoms. The van der Waals surface area contributed by atoms with Crippen LogP contribution in [0.1, 0.15) is 39.8 Å². The number of rotatable bonds is 7. The first-order valence-electron chi connectivity index (χ1n) is 11.4. The van der Waals surface area contributed by atoms with E-state index < -0.39 is 5.41 Å². The molecule has 0 fully saturated rings.